The molecular weight excluding hydrogens is 851 g/mol. The Labute approximate surface area is 386 Å². The minimum absolute atomic E-state index is 0.153. The van der Waals surface area contributed by atoms with Crippen LogP contribution in [0, 0.1) is 0 Å². The second-order valence-corrected chi connectivity index (χ2v) is 17.2. The third kappa shape index (κ3) is 7.53. The van der Waals surface area contributed by atoms with E-state index in [0.29, 0.717) is 49.0 Å². The van der Waals surface area contributed by atoms with Crippen LogP contribution in [-0.4, -0.2) is 92.3 Å². The number of aryl methyl sites for hydroxylation is 2. The molecule has 342 valence electrons. The van der Waals surface area contributed by atoms with Crippen LogP contribution in [0.1, 0.15) is 61.3 Å². The molecule has 4 aromatic heterocycles. The highest BCUT2D eigenvalue weighted by molar-refractivity contribution is 6.07. The van der Waals surface area contributed by atoms with Crippen LogP contribution in [0.3, 0.4) is 0 Å². The Bertz CT molecular complexity index is 3120. The number of aromatic nitrogens is 7. The smallest absolute Gasteiger partial charge is 0.353 e. The third-order valence-electron chi connectivity index (χ3n) is 13.5. The molecule has 17 nitrogen and oxygen atoms in total. The number of piperidine rings is 2. The molecule has 10 rings (SSSR count). The number of anilines is 3. The minimum Gasteiger partial charge on any atom is -0.494 e. The lowest BCUT2D eigenvalue weighted by molar-refractivity contribution is -0.134. The number of carbonyl (C=O) groups excluding carboxylic acids is 3. The molecule has 3 aliphatic heterocycles. The van der Waals surface area contributed by atoms with E-state index in [1.54, 1.807) is 42.5 Å². The first-order chi connectivity index (χ1) is 32.6. The van der Waals surface area contributed by atoms with Gasteiger partial charge in [0.05, 0.1) is 48.9 Å². The molecule has 7 aromatic rings. The molecular formula is C50H51N11O6. The number of ether oxygens (including phenoxy) is 2. The maximum atomic E-state index is 13.9. The number of amides is 4. The van der Waals surface area contributed by atoms with Crippen LogP contribution in [0.5, 0.6) is 11.8 Å². The Morgan fingerprint density at radius 3 is 2.27 bits per heavy atom. The fraction of sp³-hybridized carbons (Fsp3) is 0.320. The monoisotopic (exact) mass is 901 g/mol. The van der Waals surface area contributed by atoms with Gasteiger partial charge in [0.25, 0.3) is 0 Å². The second-order valence-electron chi connectivity index (χ2n) is 17.2. The number of hydrogen-bond donors (Lipinski definition) is 1. The summed E-state index contributed by atoms with van der Waals surface area (Å²) in [7, 11) is 6.65. The van der Waals surface area contributed by atoms with Crippen molar-refractivity contribution < 1.29 is 23.9 Å². The van der Waals surface area contributed by atoms with E-state index in [1.165, 1.54) is 21.9 Å². The van der Waals surface area contributed by atoms with Crippen LogP contribution in [0.2, 0.25) is 0 Å². The summed E-state index contributed by atoms with van der Waals surface area (Å²) in [5.41, 5.74) is 9.39. The van der Waals surface area contributed by atoms with E-state index in [0.717, 1.165) is 81.8 Å². The number of hydrogen-bond acceptors (Lipinski definition) is 11. The zero-order valence-corrected chi connectivity index (χ0v) is 38.1. The molecule has 0 saturated carbocycles. The largest absolute Gasteiger partial charge is 0.494 e. The van der Waals surface area contributed by atoms with E-state index < -0.39 is 5.92 Å². The number of fused-ring (bicyclic) bond motifs is 1. The summed E-state index contributed by atoms with van der Waals surface area (Å²) in [5.74, 6) is 0.585. The highest BCUT2D eigenvalue weighted by Gasteiger charge is 2.35. The fourth-order valence-corrected chi connectivity index (χ4v) is 10.2. The van der Waals surface area contributed by atoms with Gasteiger partial charge in [-0.1, -0.05) is 37.3 Å². The Morgan fingerprint density at radius 1 is 0.761 bits per heavy atom. The van der Waals surface area contributed by atoms with Gasteiger partial charge in [-0.2, -0.15) is 5.10 Å². The van der Waals surface area contributed by atoms with Crippen LogP contribution >= 0.6 is 0 Å². The van der Waals surface area contributed by atoms with Gasteiger partial charge in [0.2, 0.25) is 11.8 Å². The lowest BCUT2D eigenvalue weighted by Gasteiger charge is -2.35. The fourth-order valence-electron chi connectivity index (χ4n) is 10.2. The van der Waals surface area contributed by atoms with E-state index >= 15 is 0 Å². The van der Waals surface area contributed by atoms with Crippen molar-refractivity contribution in [1.82, 2.24) is 39.4 Å². The molecule has 67 heavy (non-hydrogen) atoms. The lowest BCUT2D eigenvalue weighted by Crippen LogP contribution is -2.39. The minimum atomic E-state index is -0.503. The maximum Gasteiger partial charge on any atom is 0.353 e. The van der Waals surface area contributed by atoms with Crippen LogP contribution in [0.15, 0.2) is 96.2 Å². The number of imide groups is 1. The van der Waals surface area contributed by atoms with Crippen molar-refractivity contribution in [1.29, 1.82) is 0 Å². The second kappa shape index (κ2) is 17.5. The molecule has 3 fully saturated rings. The van der Waals surface area contributed by atoms with Crippen LogP contribution in [0.25, 0.3) is 38.8 Å². The van der Waals surface area contributed by atoms with Crippen LogP contribution in [0.4, 0.5) is 22.0 Å². The van der Waals surface area contributed by atoms with Crippen molar-refractivity contribution in [3.8, 4) is 39.7 Å². The number of methoxy groups -OCH3 is 2. The van der Waals surface area contributed by atoms with E-state index in [4.69, 9.17) is 19.6 Å². The summed E-state index contributed by atoms with van der Waals surface area (Å²) in [5, 5.41) is 12.5. The van der Waals surface area contributed by atoms with Crippen LogP contribution < -0.4 is 35.2 Å². The molecule has 1 unspecified atom stereocenters. The highest BCUT2D eigenvalue weighted by Crippen LogP contribution is 2.44. The standard InChI is InChI=1S/C50H51N11O6/c1-6-35-37(19-23-52-46(35)60-27-26-59(50(60)65)34-8-7-22-51-29-34)36-14-13-33(61-48(67-5)55-57(3)49(61)64)28-40(36)32-11-9-30(10-12-32)31-20-24-58(25-21-31)45-41(66-4)17-15-38-43(54-56(2)44(38)45)39-16-18-42(62)53-47(39)63/h7-15,17,19,22-23,28-29,31,39H,6,16,18,20-21,24-27H2,1-5H3,(H,53,62,63). The topological polar surface area (TPSA) is 175 Å². The normalized spacial score (nSPS) is 16.9. The Morgan fingerprint density at radius 2 is 1.55 bits per heavy atom. The SMILES string of the molecule is CCc1c(-c2ccc(-n3c(OC)nn(C)c3=O)cc2-c2ccc(C3CCN(c4c(OC)ccc5c(C6CCC(=O)NC6=O)nn(C)c45)CC3)cc2)ccnc1N1CCN(c2cccnc2)C1=O. The average Bonchev–Trinajstić information content (AvgIpc) is 4.01. The van der Waals surface area contributed by atoms with Crippen molar-refractivity contribution in [2.45, 2.75) is 50.9 Å². The summed E-state index contributed by atoms with van der Waals surface area (Å²) in [6.45, 7) is 4.61. The molecule has 3 aliphatic rings. The Balaban J connectivity index is 0.965. The van der Waals surface area contributed by atoms with Crippen LogP contribution in [-0.2, 0) is 30.1 Å². The molecule has 0 aliphatic carbocycles. The van der Waals surface area contributed by atoms with E-state index in [9.17, 15) is 19.2 Å². The quantitative estimate of drug-likeness (QED) is 0.140. The van der Waals surface area contributed by atoms with Crippen molar-refractivity contribution in [3.63, 3.8) is 0 Å². The molecule has 7 heterocycles. The molecule has 1 N–H and O–H groups in total. The number of rotatable bonds is 11. The number of benzene rings is 3. The molecule has 1 atom stereocenters. The first-order valence-corrected chi connectivity index (χ1v) is 22.6. The molecule has 0 bridgehead atoms. The predicted octanol–water partition coefficient (Wildman–Crippen LogP) is 6.51. The summed E-state index contributed by atoms with van der Waals surface area (Å²) >= 11 is 0. The molecule has 0 spiro atoms. The predicted molar refractivity (Wildman–Crippen MR) is 254 cm³/mol. The van der Waals surface area contributed by atoms with Gasteiger partial charge in [-0.05, 0) is 102 Å². The van der Waals surface area contributed by atoms with Gasteiger partial charge in [-0.25, -0.2) is 23.8 Å². The molecule has 3 aromatic carbocycles. The highest BCUT2D eigenvalue weighted by atomic mass is 16.5. The average molecular weight is 902 g/mol. The van der Waals surface area contributed by atoms with E-state index in [-0.39, 0.29) is 36.0 Å². The maximum absolute atomic E-state index is 13.9. The van der Waals surface area contributed by atoms with Gasteiger partial charge in [0, 0.05) is 70.0 Å². The number of pyridine rings is 2. The van der Waals surface area contributed by atoms with Crippen molar-refractivity contribution in [2.24, 2.45) is 14.1 Å². The van der Waals surface area contributed by atoms with Crippen molar-refractivity contribution >= 4 is 45.9 Å². The number of nitrogens with one attached hydrogen (secondary N) is 1. The van der Waals surface area contributed by atoms with Crippen molar-refractivity contribution in [2.75, 3.05) is 55.1 Å². The summed E-state index contributed by atoms with van der Waals surface area (Å²) in [4.78, 5) is 67.1. The Hall–Kier alpha value is -7.82. The summed E-state index contributed by atoms with van der Waals surface area (Å²) in [6.07, 6.45) is 8.26. The molecule has 17 heteroatoms. The van der Waals surface area contributed by atoms with Crippen molar-refractivity contribution in [3.05, 3.63) is 119 Å². The molecule has 0 radical (unpaired) electrons. The lowest BCUT2D eigenvalue weighted by atomic mass is 9.86. The van der Waals surface area contributed by atoms with Gasteiger partial charge in [-0.3, -0.25) is 34.4 Å². The molecule has 3 saturated heterocycles. The summed E-state index contributed by atoms with van der Waals surface area (Å²) < 4.78 is 16.0. The number of nitrogens with zero attached hydrogens (tertiary/aromatic N) is 10. The van der Waals surface area contributed by atoms with Gasteiger partial charge < -0.3 is 14.4 Å². The van der Waals surface area contributed by atoms with Gasteiger partial charge in [0.15, 0.2) is 0 Å². The van der Waals surface area contributed by atoms with E-state index in [1.807, 2.05) is 60.3 Å². The number of carbonyl (C=O) groups is 3. The number of urea groups is 1. The first kappa shape index (κ1) is 43.1. The van der Waals surface area contributed by atoms with E-state index in [2.05, 4.69) is 51.5 Å². The Kier molecular flexibility index (Phi) is 11.3. The van der Waals surface area contributed by atoms with Gasteiger partial charge >= 0.3 is 17.7 Å². The zero-order valence-electron chi connectivity index (χ0n) is 38.1. The van der Waals surface area contributed by atoms with Gasteiger partial charge in [-0.15, -0.1) is 5.10 Å². The zero-order chi connectivity index (χ0) is 46.5. The molecule has 4 amide bonds. The first-order valence-electron chi connectivity index (χ1n) is 22.6. The third-order valence-corrected chi connectivity index (χ3v) is 13.5. The summed E-state index contributed by atoms with van der Waals surface area (Å²) in [6, 6.07) is 24.2. The van der Waals surface area contributed by atoms with Gasteiger partial charge in [0.1, 0.15) is 17.3 Å².